The Hall–Kier alpha value is -0.680. The fraction of sp³-hybridized carbons (Fsp3) is 0.789. The van der Waals surface area contributed by atoms with Crippen molar-refractivity contribution in [1.82, 2.24) is 0 Å². The lowest BCUT2D eigenvalue weighted by molar-refractivity contribution is -0.202. The van der Waals surface area contributed by atoms with E-state index in [1.807, 2.05) is 0 Å². The van der Waals surface area contributed by atoms with Crippen LogP contribution in [0.25, 0.3) is 0 Å². The first-order valence-corrected chi connectivity index (χ1v) is 8.68. The second kappa shape index (κ2) is 6.32. The van der Waals surface area contributed by atoms with Crippen LogP contribution < -0.4 is 0 Å². The molecule has 3 rings (SSSR count). The van der Waals surface area contributed by atoms with Crippen molar-refractivity contribution in [3.05, 3.63) is 23.3 Å². The highest BCUT2D eigenvalue weighted by atomic mass is 16.5. The van der Waals surface area contributed by atoms with Crippen LogP contribution in [0.2, 0.25) is 0 Å². The summed E-state index contributed by atoms with van der Waals surface area (Å²) < 4.78 is 17.4. The van der Waals surface area contributed by atoms with Gasteiger partial charge in [-0.05, 0) is 25.7 Å². The maximum atomic E-state index is 11.2. The molecule has 0 aromatic rings. The van der Waals surface area contributed by atoms with Crippen LogP contribution in [0.15, 0.2) is 23.3 Å². The number of rotatable bonds is 5. The lowest BCUT2D eigenvalue weighted by Crippen LogP contribution is -2.68. The molecule has 0 aliphatic heterocycles. The summed E-state index contributed by atoms with van der Waals surface area (Å²) in [5.74, 6) is 0.252. The molecule has 3 aliphatic carbocycles. The van der Waals surface area contributed by atoms with Gasteiger partial charge in [-0.15, -0.1) is 0 Å². The molecule has 5 atom stereocenters. The van der Waals surface area contributed by atoms with Crippen LogP contribution in [-0.2, 0) is 14.2 Å². The maximum Gasteiger partial charge on any atom is 0.0747 e. The van der Waals surface area contributed by atoms with Gasteiger partial charge in [-0.3, -0.25) is 0 Å². The van der Waals surface area contributed by atoms with Crippen molar-refractivity contribution in [2.75, 3.05) is 34.5 Å². The highest BCUT2D eigenvalue weighted by Crippen LogP contribution is 2.65. The molecule has 1 fully saturated rings. The third kappa shape index (κ3) is 2.12. The van der Waals surface area contributed by atoms with E-state index < -0.39 is 11.5 Å². The van der Waals surface area contributed by atoms with Crippen LogP contribution in [0.3, 0.4) is 0 Å². The number of methoxy groups -OCH3 is 3. The van der Waals surface area contributed by atoms with Crippen molar-refractivity contribution in [3.63, 3.8) is 0 Å². The zero-order chi connectivity index (χ0) is 16.7. The Labute approximate surface area is 139 Å². The third-order valence-electron chi connectivity index (χ3n) is 6.41. The molecular formula is C19H30O4. The van der Waals surface area contributed by atoms with E-state index in [1.165, 1.54) is 17.6 Å². The van der Waals surface area contributed by atoms with Gasteiger partial charge < -0.3 is 19.3 Å². The summed E-state index contributed by atoms with van der Waals surface area (Å²) in [7, 11) is 5.23. The first-order valence-electron chi connectivity index (χ1n) is 8.68. The van der Waals surface area contributed by atoms with E-state index in [1.54, 1.807) is 21.3 Å². The molecule has 0 unspecified atom stereocenters. The van der Waals surface area contributed by atoms with Crippen molar-refractivity contribution >= 4 is 0 Å². The maximum absolute atomic E-state index is 11.2. The topological polar surface area (TPSA) is 47.9 Å². The smallest absolute Gasteiger partial charge is 0.0747 e. The molecule has 0 amide bonds. The highest BCUT2D eigenvalue weighted by molar-refractivity contribution is 5.44. The Kier molecular flexibility index (Phi) is 4.71. The van der Waals surface area contributed by atoms with Crippen molar-refractivity contribution < 1.29 is 19.3 Å². The van der Waals surface area contributed by atoms with Crippen molar-refractivity contribution in [3.8, 4) is 0 Å². The second-order valence-electron chi connectivity index (χ2n) is 7.35. The van der Waals surface area contributed by atoms with Crippen LogP contribution in [0.4, 0.5) is 0 Å². The largest absolute Gasteiger partial charge is 0.392 e. The summed E-state index contributed by atoms with van der Waals surface area (Å²) in [6, 6.07) is 0. The van der Waals surface area contributed by atoms with E-state index in [0.717, 1.165) is 12.8 Å². The third-order valence-corrected chi connectivity index (χ3v) is 6.41. The lowest BCUT2D eigenvalue weighted by Gasteiger charge is -2.64. The molecular weight excluding hydrogens is 292 g/mol. The summed E-state index contributed by atoms with van der Waals surface area (Å²) in [6.45, 7) is 3.25. The molecule has 0 saturated heterocycles. The zero-order valence-corrected chi connectivity index (χ0v) is 14.8. The predicted molar refractivity (Wildman–Crippen MR) is 89.2 cm³/mol. The number of ether oxygens (including phenoxy) is 3. The van der Waals surface area contributed by atoms with Crippen LogP contribution in [-0.4, -0.2) is 51.9 Å². The first-order chi connectivity index (χ1) is 11.1. The Balaban J connectivity index is 2.29. The fourth-order valence-corrected chi connectivity index (χ4v) is 5.76. The van der Waals surface area contributed by atoms with Crippen LogP contribution >= 0.6 is 0 Å². The lowest BCUT2D eigenvalue weighted by atomic mass is 9.43. The van der Waals surface area contributed by atoms with E-state index in [-0.39, 0.29) is 17.4 Å². The van der Waals surface area contributed by atoms with Gasteiger partial charge in [0.15, 0.2) is 0 Å². The van der Waals surface area contributed by atoms with Crippen LogP contribution in [0.1, 0.15) is 32.6 Å². The Morgan fingerprint density at radius 2 is 1.83 bits per heavy atom. The SMILES string of the molecule is COC[C@]12C3=CC[C@@H](O)[C@@]1(COC)[C@@H](OC)[C@@H](C)C=C2CCC3. The molecule has 0 bridgehead atoms. The molecule has 0 heterocycles. The standard InChI is InChI=1S/C19H30O4/c1-13-10-15-7-5-6-14-8-9-16(20)19(12-22-3,17(13)23-4)18(14,15)11-21-2/h8,10,13,16-17,20H,5-7,9,11-12H2,1-4H3/t13-,16+,17-,18+,19-/m0/s1. The zero-order valence-electron chi connectivity index (χ0n) is 14.8. The fourth-order valence-electron chi connectivity index (χ4n) is 5.76. The van der Waals surface area contributed by atoms with E-state index in [4.69, 9.17) is 14.2 Å². The average Bonchev–Trinajstić information content (AvgIpc) is 2.53. The minimum Gasteiger partial charge on any atom is -0.392 e. The van der Waals surface area contributed by atoms with Crippen LogP contribution in [0.5, 0.6) is 0 Å². The van der Waals surface area contributed by atoms with Gasteiger partial charge in [0.25, 0.3) is 0 Å². The average molecular weight is 322 g/mol. The number of aliphatic hydroxyl groups is 1. The van der Waals surface area contributed by atoms with E-state index in [0.29, 0.717) is 19.6 Å². The van der Waals surface area contributed by atoms with Gasteiger partial charge in [-0.25, -0.2) is 0 Å². The number of aliphatic hydroxyl groups excluding tert-OH is 1. The summed E-state index contributed by atoms with van der Waals surface area (Å²) in [6.07, 6.45) is 8.02. The molecule has 4 heteroatoms. The quantitative estimate of drug-likeness (QED) is 0.791. The minimum absolute atomic E-state index is 0.0850. The number of hydrogen-bond donors (Lipinski definition) is 1. The van der Waals surface area contributed by atoms with Gasteiger partial charge in [0, 0.05) is 32.7 Å². The van der Waals surface area contributed by atoms with Gasteiger partial charge in [0.05, 0.1) is 30.8 Å². The van der Waals surface area contributed by atoms with Gasteiger partial charge in [0.2, 0.25) is 0 Å². The van der Waals surface area contributed by atoms with E-state index in [2.05, 4.69) is 19.1 Å². The van der Waals surface area contributed by atoms with Crippen LogP contribution in [0, 0.1) is 16.7 Å². The monoisotopic (exact) mass is 322 g/mol. The summed E-state index contributed by atoms with van der Waals surface area (Å²) in [5, 5.41) is 11.2. The van der Waals surface area contributed by atoms with Gasteiger partial charge in [0.1, 0.15) is 0 Å². The normalized spacial score (nSPS) is 42.7. The summed E-state index contributed by atoms with van der Waals surface area (Å²) in [4.78, 5) is 0. The van der Waals surface area contributed by atoms with Gasteiger partial charge >= 0.3 is 0 Å². The molecule has 130 valence electrons. The molecule has 1 saturated carbocycles. The van der Waals surface area contributed by atoms with Crippen molar-refractivity contribution in [2.45, 2.75) is 44.8 Å². The molecule has 0 radical (unpaired) electrons. The van der Waals surface area contributed by atoms with Gasteiger partial charge in [-0.2, -0.15) is 0 Å². The summed E-state index contributed by atoms with van der Waals surface area (Å²) >= 11 is 0. The van der Waals surface area contributed by atoms with Crippen molar-refractivity contribution in [2.24, 2.45) is 16.7 Å². The summed E-state index contributed by atoms with van der Waals surface area (Å²) in [5.41, 5.74) is 2.04. The Morgan fingerprint density at radius 1 is 1.13 bits per heavy atom. The Bertz CT molecular complexity index is 511. The molecule has 0 aromatic carbocycles. The molecule has 3 aliphatic rings. The molecule has 23 heavy (non-hydrogen) atoms. The van der Waals surface area contributed by atoms with E-state index in [9.17, 15) is 5.11 Å². The second-order valence-corrected chi connectivity index (χ2v) is 7.35. The van der Waals surface area contributed by atoms with Crippen molar-refractivity contribution in [1.29, 1.82) is 0 Å². The molecule has 0 spiro atoms. The highest BCUT2D eigenvalue weighted by Gasteiger charge is 2.67. The van der Waals surface area contributed by atoms with E-state index >= 15 is 0 Å². The molecule has 0 aromatic heterocycles. The number of hydrogen-bond acceptors (Lipinski definition) is 4. The Morgan fingerprint density at radius 3 is 2.48 bits per heavy atom. The minimum atomic E-state index is -0.490. The molecule has 1 N–H and O–H groups in total. The molecule has 4 nitrogen and oxygen atoms in total. The van der Waals surface area contributed by atoms with Gasteiger partial charge in [-0.1, -0.05) is 30.2 Å². The first kappa shape index (κ1) is 17.2. The predicted octanol–water partition coefficient (Wildman–Crippen LogP) is 2.72.